The number of allylic oxidation sites excluding steroid dienone is 6. The van der Waals surface area contributed by atoms with E-state index in [1.54, 1.807) is 7.11 Å². The summed E-state index contributed by atoms with van der Waals surface area (Å²) in [5.74, 6) is 2.89. The molecule has 5 heteroatoms. The molecule has 0 bridgehead atoms. The van der Waals surface area contributed by atoms with Crippen molar-refractivity contribution in [2.75, 3.05) is 53.9 Å². The summed E-state index contributed by atoms with van der Waals surface area (Å²) < 4.78 is 6.36. The van der Waals surface area contributed by atoms with Gasteiger partial charge in [0.05, 0.1) is 34.3 Å². The average molecular weight is 489 g/mol. The summed E-state index contributed by atoms with van der Waals surface area (Å²) in [6, 6.07) is 8.87. The molecule has 2 aliphatic heterocycles. The first-order chi connectivity index (χ1) is 17.3. The molecule has 4 aliphatic rings. The van der Waals surface area contributed by atoms with Crippen LogP contribution in [0.3, 0.4) is 0 Å². The molecule has 0 radical (unpaired) electrons. The number of carbonyl (C=O) groups excluding carboxylic acids is 1. The molecule has 1 aromatic carbocycles. The Morgan fingerprint density at radius 2 is 2.00 bits per heavy atom. The van der Waals surface area contributed by atoms with E-state index < -0.39 is 0 Å². The highest BCUT2D eigenvalue weighted by molar-refractivity contribution is 5.78. The van der Waals surface area contributed by atoms with E-state index in [1.807, 2.05) is 0 Å². The Kier molecular flexibility index (Phi) is 6.97. The molecule has 5 nitrogen and oxygen atoms in total. The molecule has 1 aromatic rings. The fraction of sp³-hybridized carbons (Fsp3) is 0.516. The van der Waals surface area contributed by atoms with Gasteiger partial charge in [-0.25, -0.2) is 0 Å². The highest BCUT2D eigenvalue weighted by Gasteiger charge is 2.47. The van der Waals surface area contributed by atoms with Gasteiger partial charge in [-0.1, -0.05) is 55.5 Å². The van der Waals surface area contributed by atoms with Gasteiger partial charge >= 0.3 is 0 Å². The molecule has 1 fully saturated rings. The lowest BCUT2D eigenvalue weighted by Gasteiger charge is -2.40. The van der Waals surface area contributed by atoms with Crippen LogP contribution in [0.25, 0.3) is 0 Å². The second-order valence-corrected chi connectivity index (χ2v) is 11.9. The lowest BCUT2D eigenvalue weighted by atomic mass is 9.66. The summed E-state index contributed by atoms with van der Waals surface area (Å²) in [5, 5.41) is 3.38. The summed E-state index contributed by atoms with van der Waals surface area (Å²) in [5.41, 5.74) is 2.76. The summed E-state index contributed by atoms with van der Waals surface area (Å²) in [7, 11) is 6.33. The normalized spacial score (nSPS) is 31.3. The maximum Gasteiger partial charge on any atom is 0.234 e. The van der Waals surface area contributed by atoms with Crippen molar-refractivity contribution >= 4 is 11.6 Å². The van der Waals surface area contributed by atoms with Crippen LogP contribution in [0.15, 0.2) is 72.6 Å². The van der Waals surface area contributed by atoms with Gasteiger partial charge in [0.25, 0.3) is 0 Å². The summed E-state index contributed by atoms with van der Waals surface area (Å²) in [4.78, 5) is 15.5. The molecule has 0 saturated carbocycles. The number of hydrogen-bond acceptors (Lipinski definition) is 3. The van der Waals surface area contributed by atoms with Crippen LogP contribution in [0.4, 0.5) is 5.69 Å². The van der Waals surface area contributed by atoms with E-state index in [9.17, 15) is 4.79 Å². The minimum Gasteiger partial charge on any atom is -0.497 e. The third-order valence-electron chi connectivity index (χ3n) is 9.09. The second-order valence-electron chi connectivity index (χ2n) is 11.9. The Hall–Kier alpha value is -2.63. The lowest BCUT2D eigenvalue weighted by molar-refractivity contribution is -0.123. The molecule has 1 amide bonds. The Morgan fingerprint density at radius 1 is 1.22 bits per heavy atom. The predicted molar refractivity (Wildman–Crippen MR) is 147 cm³/mol. The van der Waals surface area contributed by atoms with Crippen molar-refractivity contribution in [1.82, 2.24) is 14.7 Å². The number of para-hydroxylation sites is 1. The number of rotatable bonds is 7. The number of carbonyl (C=O) groups is 1. The predicted octanol–water partition coefficient (Wildman–Crippen LogP) is 4.64. The molecule has 2 aliphatic carbocycles. The van der Waals surface area contributed by atoms with Crippen molar-refractivity contribution in [3.05, 3.63) is 78.1 Å². The smallest absolute Gasteiger partial charge is 0.234 e. The van der Waals surface area contributed by atoms with E-state index in [-0.39, 0.29) is 17.2 Å². The number of nitrogens with one attached hydrogen (secondary N) is 1. The van der Waals surface area contributed by atoms with Gasteiger partial charge < -0.3 is 10.1 Å². The number of amides is 1. The molecule has 5 unspecified atom stereocenters. The van der Waals surface area contributed by atoms with Gasteiger partial charge in [0.1, 0.15) is 11.4 Å². The molecule has 5 atom stereocenters. The van der Waals surface area contributed by atoms with Gasteiger partial charge in [0.2, 0.25) is 5.91 Å². The first kappa shape index (κ1) is 25.0. The van der Waals surface area contributed by atoms with Gasteiger partial charge in [0, 0.05) is 24.6 Å². The van der Waals surface area contributed by atoms with Crippen molar-refractivity contribution in [2.24, 2.45) is 23.2 Å². The van der Waals surface area contributed by atoms with E-state index in [4.69, 9.17) is 4.74 Å². The van der Waals surface area contributed by atoms with Crippen molar-refractivity contribution in [1.29, 1.82) is 0 Å². The van der Waals surface area contributed by atoms with Crippen LogP contribution in [0.2, 0.25) is 0 Å². The molecule has 1 saturated heterocycles. The SMILES string of the molecule is COC1=CCC(C)(C(CNC(=O)CN2CCC3C=CC=CC3C2)C2C[N+](C)(C)c3ccccc32)C=C1. The topological polar surface area (TPSA) is 41.6 Å². The molecular formula is C31H42N3O2+. The second kappa shape index (κ2) is 10.0. The number of quaternary nitrogens is 1. The van der Waals surface area contributed by atoms with Crippen molar-refractivity contribution in [3.8, 4) is 0 Å². The van der Waals surface area contributed by atoms with Crippen LogP contribution >= 0.6 is 0 Å². The first-order valence-corrected chi connectivity index (χ1v) is 13.5. The Labute approximate surface area is 216 Å². The number of ether oxygens (including phenoxy) is 1. The van der Waals surface area contributed by atoms with E-state index in [2.05, 4.69) is 98.0 Å². The van der Waals surface area contributed by atoms with Crippen LogP contribution in [-0.2, 0) is 9.53 Å². The highest BCUT2D eigenvalue weighted by Crippen LogP contribution is 2.50. The number of piperidine rings is 1. The highest BCUT2D eigenvalue weighted by atomic mass is 16.5. The third-order valence-corrected chi connectivity index (χ3v) is 9.09. The van der Waals surface area contributed by atoms with Crippen LogP contribution in [0.5, 0.6) is 0 Å². The van der Waals surface area contributed by atoms with Crippen molar-refractivity contribution in [2.45, 2.75) is 25.7 Å². The van der Waals surface area contributed by atoms with E-state index in [1.165, 1.54) is 11.3 Å². The summed E-state index contributed by atoms with van der Waals surface area (Å²) in [6.45, 7) is 6.50. The zero-order chi connectivity index (χ0) is 25.3. The molecule has 0 aromatic heterocycles. The number of likely N-dealkylation sites (N-methyl/N-ethyl adjacent to an activating group) is 1. The Morgan fingerprint density at radius 3 is 2.75 bits per heavy atom. The fourth-order valence-electron chi connectivity index (χ4n) is 6.93. The van der Waals surface area contributed by atoms with Crippen molar-refractivity contribution < 1.29 is 9.53 Å². The van der Waals surface area contributed by atoms with Gasteiger partial charge in [-0.05, 0) is 60.8 Å². The minimum atomic E-state index is -0.0605. The largest absolute Gasteiger partial charge is 0.497 e. The standard InChI is InChI=1S/C31H41N3O2/c1-31(16-13-25(36-4)14-17-31)28(27-22-34(2,3)29-12-8-7-11-26(27)29)19-32-30(35)21-33-18-15-23-9-5-6-10-24(23)20-33/h5-14,16,23-24,27-28H,15,17-22H2,1-4H3/p+1. The number of fused-ring (bicyclic) bond motifs is 2. The van der Waals surface area contributed by atoms with E-state index in [0.29, 0.717) is 30.8 Å². The Balaban J connectivity index is 1.31. The number of methoxy groups -OCH3 is 1. The fourth-order valence-corrected chi connectivity index (χ4v) is 6.93. The van der Waals surface area contributed by atoms with E-state index >= 15 is 0 Å². The summed E-state index contributed by atoms with van der Waals surface area (Å²) in [6.07, 6.45) is 17.6. The molecular weight excluding hydrogens is 446 g/mol. The van der Waals surface area contributed by atoms with Crippen LogP contribution < -0.4 is 9.80 Å². The first-order valence-electron chi connectivity index (χ1n) is 13.5. The zero-order valence-electron chi connectivity index (χ0n) is 22.3. The third kappa shape index (κ3) is 4.96. The molecule has 5 rings (SSSR count). The van der Waals surface area contributed by atoms with E-state index in [0.717, 1.165) is 42.7 Å². The van der Waals surface area contributed by atoms with Gasteiger partial charge in [-0.15, -0.1) is 0 Å². The average Bonchev–Trinajstić information content (AvgIpc) is 3.15. The van der Waals surface area contributed by atoms with Crippen LogP contribution in [0, 0.1) is 23.2 Å². The molecule has 2 heterocycles. The number of likely N-dealkylation sites (tertiary alicyclic amines) is 1. The van der Waals surface area contributed by atoms with Crippen LogP contribution in [0.1, 0.15) is 31.2 Å². The molecule has 36 heavy (non-hydrogen) atoms. The van der Waals surface area contributed by atoms with Gasteiger partial charge in [0.15, 0.2) is 0 Å². The van der Waals surface area contributed by atoms with Crippen LogP contribution in [-0.4, -0.2) is 64.7 Å². The maximum atomic E-state index is 13.2. The number of benzene rings is 1. The maximum absolute atomic E-state index is 13.2. The monoisotopic (exact) mass is 488 g/mol. The lowest BCUT2D eigenvalue weighted by Crippen LogP contribution is -2.48. The minimum absolute atomic E-state index is 0.0605. The summed E-state index contributed by atoms with van der Waals surface area (Å²) >= 11 is 0. The number of nitrogens with zero attached hydrogens (tertiary/aromatic N) is 2. The van der Waals surface area contributed by atoms with Gasteiger partial charge in [-0.2, -0.15) is 0 Å². The quantitative estimate of drug-likeness (QED) is 0.569. The molecule has 0 spiro atoms. The zero-order valence-corrected chi connectivity index (χ0v) is 22.3. The van der Waals surface area contributed by atoms with Crippen molar-refractivity contribution in [3.63, 3.8) is 0 Å². The number of hydrogen-bond donors (Lipinski definition) is 1. The molecule has 192 valence electrons. The molecule has 1 N–H and O–H groups in total. The Bertz CT molecular complexity index is 1100. The van der Waals surface area contributed by atoms with Gasteiger partial charge in [-0.3, -0.25) is 14.2 Å².